The van der Waals surface area contributed by atoms with Gasteiger partial charge in [-0.25, -0.2) is 0 Å². The lowest BCUT2D eigenvalue weighted by Gasteiger charge is -2.30. The highest BCUT2D eigenvalue weighted by Crippen LogP contribution is 2.44. The van der Waals surface area contributed by atoms with E-state index in [1.54, 1.807) is 0 Å². The number of hydrogen-bond donors (Lipinski definition) is 0. The molecule has 0 rings (SSSR count). The molecule has 0 aromatic carbocycles. The van der Waals surface area contributed by atoms with Crippen molar-refractivity contribution in [1.29, 1.82) is 0 Å². The first-order chi connectivity index (χ1) is 13.1. The fourth-order valence-electron chi connectivity index (χ4n) is 4.11. The number of rotatable bonds is 18. The summed E-state index contributed by atoms with van der Waals surface area (Å²) in [6, 6.07) is 0. The van der Waals surface area contributed by atoms with E-state index < -0.39 is 0 Å². The van der Waals surface area contributed by atoms with Gasteiger partial charge in [-0.3, -0.25) is 0 Å². The van der Waals surface area contributed by atoms with Crippen LogP contribution in [-0.4, -0.2) is 34.0 Å². The smallest absolute Gasteiger partial charge is 0.0155 e. The van der Waals surface area contributed by atoms with Gasteiger partial charge in [0.2, 0.25) is 0 Å². The molecule has 0 radical (unpaired) electrons. The molecule has 28 heavy (non-hydrogen) atoms. The molecule has 3 unspecified atom stereocenters. The van der Waals surface area contributed by atoms with Gasteiger partial charge in [0.25, 0.3) is 0 Å². The van der Waals surface area contributed by atoms with E-state index in [9.17, 15) is 0 Å². The fourth-order valence-corrected chi connectivity index (χ4v) is 7.21. The van der Waals surface area contributed by atoms with Gasteiger partial charge in [-0.1, -0.05) is 41.5 Å². The van der Waals surface area contributed by atoms with Crippen molar-refractivity contribution in [2.24, 2.45) is 0 Å². The van der Waals surface area contributed by atoms with Crippen molar-refractivity contribution in [2.45, 2.75) is 134 Å². The Morgan fingerprint density at radius 1 is 0.464 bits per heavy atom. The van der Waals surface area contributed by atoms with E-state index in [1.807, 2.05) is 0 Å². The summed E-state index contributed by atoms with van der Waals surface area (Å²) in [5.74, 6) is 0. The molecular weight excluding hydrogens is 412 g/mol. The maximum absolute atomic E-state index is 3.18. The van der Waals surface area contributed by atoms with Gasteiger partial charge in [0.05, 0.1) is 0 Å². The van der Waals surface area contributed by atoms with E-state index in [0.717, 1.165) is 0 Å². The van der Waals surface area contributed by atoms with Crippen LogP contribution in [0.25, 0.3) is 0 Å². The average Bonchev–Trinajstić information content (AvgIpc) is 2.72. The zero-order valence-electron chi connectivity index (χ0n) is 20.3. The van der Waals surface area contributed by atoms with Crippen LogP contribution in [0, 0.1) is 0 Å². The molecule has 0 N–H and O–H groups in total. The van der Waals surface area contributed by atoms with E-state index in [-0.39, 0.29) is 7.92 Å². The zero-order chi connectivity index (χ0) is 21.7. The van der Waals surface area contributed by atoms with Crippen molar-refractivity contribution in [1.82, 2.24) is 0 Å². The molecule has 170 valence electrons. The second-order valence-electron chi connectivity index (χ2n) is 9.36. The van der Waals surface area contributed by atoms with Crippen LogP contribution >= 0.6 is 35.6 Å². The molecule has 0 aliphatic rings. The van der Waals surface area contributed by atoms with Crippen LogP contribution in [-0.2, 0) is 0 Å². The Balaban J connectivity index is 4.64. The summed E-state index contributed by atoms with van der Waals surface area (Å²) in [4.78, 5) is 0. The van der Waals surface area contributed by atoms with Crippen molar-refractivity contribution in [3.8, 4) is 0 Å². The first-order valence-electron chi connectivity index (χ1n) is 12.2. The Hall–Kier alpha value is 1.72. The molecule has 0 nitrogen and oxygen atoms in total. The third-order valence-electron chi connectivity index (χ3n) is 7.67. The fraction of sp³-hybridized carbons (Fsp3) is 1.00. The van der Waals surface area contributed by atoms with Crippen LogP contribution in [0.4, 0.5) is 0 Å². The Kier molecular flexibility index (Phi) is 16.5. The van der Waals surface area contributed by atoms with Gasteiger partial charge < -0.3 is 0 Å². The van der Waals surface area contributed by atoms with Crippen molar-refractivity contribution in [3.63, 3.8) is 0 Å². The molecule has 3 atom stereocenters. The van der Waals surface area contributed by atoms with Gasteiger partial charge in [-0.15, -0.1) is 35.6 Å². The minimum atomic E-state index is 0.222. The lowest BCUT2D eigenvalue weighted by atomic mass is 9.96. The zero-order valence-corrected chi connectivity index (χ0v) is 24.6. The SMILES string of the molecule is CCC(P)(CC)CCCP(CCCC(P)(CC)CC)CCCC(P)(CC)CC. The van der Waals surface area contributed by atoms with Crippen LogP contribution in [0.5, 0.6) is 0 Å². The second kappa shape index (κ2) is 15.5. The minimum Gasteiger partial charge on any atom is -0.131 e. The van der Waals surface area contributed by atoms with E-state index in [0.29, 0.717) is 15.5 Å². The summed E-state index contributed by atoms with van der Waals surface area (Å²) in [5.41, 5.74) is 0. The van der Waals surface area contributed by atoms with E-state index in [2.05, 4.69) is 69.3 Å². The predicted molar refractivity (Wildman–Crippen MR) is 148 cm³/mol. The lowest BCUT2D eigenvalue weighted by molar-refractivity contribution is 0.495. The van der Waals surface area contributed by atoms with E-state index in [1.165, 1.54) is 95.5 Å². The van der Waals surface area contributed by atoms with Crippen molar-refractivity contribution >= 4 is 35.6 Å². The van der Waals surface area contributed by atoms with Crippen molar-refractivity contribution < 1.29 is 0 Å². The molecule has 0 heterocycles. The van der Waals surface area contributed by atoms with Crippen LogP contribution in [0.1, 0.15) is 119 Å². The summed E-state index contributed by atoms with van der Waals surface area (Å²) in [5, 5.41) is 1.50. The van der Waals surface area contributed by atoms with Crippen molar-refractivity contribution in [2.75, 3.05) is 18.5 Å². The van der Waals surface area contributed by atoms with Gasteiger partial charge in [0.15, 0.2) is 0 Å². The summed E-state index contributed by atoms with van der Waals surface area (Å²) < 4.78 is 0. The molecule has 0 fully saturated rings. The first kappa shape index (κ1) is 29.7. The van der Waals surface area contributed by atoms with Crippen molar-refractivity contribution in [3.05, 3.63) is 0 Å². The van der Waals surface area contributed by atoms with Crippen LogP contribution in [0.15, 0.2) is 0 Å². The third kappa shape index (κ3) is 11.9. The summed E-state index contributed by atoms with van der Waals surface area (Å²) in [7, 11) is 9.77. The van der Waals surface area contributed by atoms with Crippen LogP contribution in [0.3, 0.4) is 0 Å². The standard InChI is InChI=1S/C24H54P4/c1-7-22(25,8-2)16-13-19-28(20-14-17-23(26,9-3)10-4)21-15-18-24(27,11-5)12-6/h7-21,25-27H2,1-6H3. The highest BCUT2D eigenvalue weighted by Gasteiger charge is 2.23. The molecule has 0 aliphatic heterocycles. The maximum Gasteiger partial charge on any atom is -0.0155 e. The highest BCUT2D eigenvalue weighted by atomic mass is 31.1. The Morgan fingerprint density at radius 3 is 0.857 bits per heavy atom. The summed E-state index contributed by atoms with van der Waals surface area (Å²) in [6.45, 7) is 14.2. The third-order valence-corrected chi connectivity index (χ3v) is 13.8. The molecule has 0 spiro atoms. The summed E-state index contributed by atoms with van der Waals surface area (Å²) in [6.07, 6.45) is 20.9. The molecule has 0 amide bonds. The molecule has 0 bridgehead atoms. The Morgan fingerprint density at radius 2 is 0.679 bits per heavy atom. The molecule has 4 heteroatoms. The van der Waals surface area contributed by atoms with Gasteiger partial charge in [0.1, 0.15) is 0 Å². The topological polar surface area (TPSA) is 0 Å². The molecule has 0 saturated heterocycles. The van der Waals surface area contributed by atoms with Crippen LogP contribution < -0.4 is 0 Å². The molecule has 0 aliphatic carbocycles. The summed E-state index contributed by atoms with van der Waals surface area (Å²) >= 11 is 0. The normalized spacial score (nSPS) is 13.5. The van der Waals surface area contributed by atoms with Gasteiger partial charge in [-0.05, 0) is 111 Å². The Labute approximate surface area is 188 Å². The van der Waals surface area contributed by atoms with E-state index in [4.69, 9.17) is 0 Å². The molecule has 0 aromatic heterocycles. The molecule has 0 aromatic rings. The van der Waals surface area contributed by atoms with Crippen LogP contribution in [0.2, 0.25) is 0 Å². The average molecular weight is 467 g/mol. The largest absolute Gasteiger partial charge is 0.131 e. The second-order valence-corrected chi connectivity index (χ2v) is 15.7. The maximum atomic E-state index is 3.18. The van der Waals surface area contributed by atoms with Gasteiger partial charge >= 0.3 is 0 Å². The first-order valence-corrected chi connectivity index (χ1v) is 15.9. The predicted octanol–water partition coefficient (Wildman–Crippen LogP) is 9.11. The lowest BCUT2D eigenvalue weighted by Crippen LogP contribution is -2.20. The monoisotopic (exact) mass is 466 g/mol. The Bertz CT molecular complexity index is 314. The molecule has 0 saturated carbocycles. The number of hydrogen-bond acceptors (Lipinski definition) is 0. The van der Waals surface area contributed by atoms with Gasteiger partial charge in [-0.2, -0.15) is 0 Å². The highest BCUT2D eigenvalue weighted by molar-refractivity contribution is 7.57. The minimum absolute atomic E-state index is 0.222. The van der Waals surface area contributed by atoms with E-state index >= 15 is 0 Å². The quantitative estimate of drug-likeness (QED) is 0.177. The molecular formula is C24H54P4. The van der Waals surface area contributed by atoms with Gasteiger partial charge in [0, 0.05) is 0 Å².